The topological polar surface area (TPSA) is 81.2 Å². The quantitative estimate of drug-likeness (QED) is 0.730. The first-order valence-electron chi connectivity index (χ1n) is 8.98. The molecule has 1 fully saturated rings. The molecule has 3 aromatic rings. The molecule has 0 saturated heterocycles. The highest BCUT2D eigenvalue weighted by molar-refractivity contribution is 7.90. The number of benzene rings is 1. The predicted molar refractivity (Wildman–Crippen MR) is 105 cm³/mol. The van der Waals surface area contributed by atoms with Gasteiger partial charge in [0.2, 0.25) is 0 Å². The number of ether oxygens (including phenoxy) is 1. The molecule has 6 nitrogen and oxygen atoms in total. The molecule has 142 valence electrons. The summed E-state index contributed by atoms with van der Waals surface area (Å²) in [4.78, 5) is 15.1. The number of hydrogen-bond acceptors (Lipinski definition) is 4. The Morgan fingerprint density at radius 2 is 2.00 bits per heavy atom. The van der Waals surface area contributed by atoms with E-state index >= 15 is 0 Å². The first-order valence-corrected chi connectivity index (χ1v) is 10.9. The summed E-state index contributed by atoms with van der Waals surface area (Å²) in [6.45, 7) is 0.622. The zero-order valence-electron chi connectivity index (χ0n) is 15.4. The van der Waals surface area contributed by atoms with Crippen LogP contribution >= 0.6 is 0 Å². The van der Waals surface area contributed by atoms with Crippen LogP contribution in [0.2, 0.25) is 0 Å². The van der Waals surface area contributed by atoms with Crippen LogP contribution in [0, 0.1) is 5.92 Å². The summed E-state index contributed by atoms with van der Waals surface area (Å²) in [6.07, 6.45) is 8.20. The second-order valence-corrected chi connectivity index (χ2v) is 9.28. The largest absolute Gasteiger partial charge is 0.493 e. The minimum Gasteiger partial charge on any atom is -0.493 e. The number of nitrogens with one attached hydrogen (secondary N) is 1. The van der Waals surface area contributed by atoms with Gasteiger partial charge in [0, 0.05) is 42.2 Å². The molecule has 0 radical (unpaired) electrons. The Kier molecular flexibility index (Phi) is 4.34. The van der Waals surface area contributed by atoms with E-state index in [4.69, 9.17) is 4.74 Å². The van der Waals surface area contributed by atoms with Gasteiger partial charge in [-0.15, -0.1) is 0 Å². The molecule has 1 aliphatic carbocycles. The van der Waals surface area contributed by atoms with Crippen molar-refractivity contribution < 1.29 is 13.2 Å². The van der Waals surface area contributed by atoms with Crippen LogP contribution in [0.4, 0.5) is 0 Å². The van der Waals surface area contributed by atoms with Crippen LogP contribution in [-0.4, -0.2) is 30.8 Å². The van der Waals surface area contributed by atoms with Crippen molar-refractivity contribution in [3.63, 3.8) is 0 Å². The molecule has 0 bridgehead atoms. The van der Waals surface area contributed by atoms with E-state index < -0.39 is 9.84 Å². The Bertz CT molecular complexity index is 1170. The third-order valence-electron chi connectivity index (χ3n) is 5.27. The number of rotatable bonds is 5. The fourth-order valence-corrected chi connectivity index (χ4v) is 4.17. The lowest BCUT2D eigenvalue weighted by molar-refractivity contribution is 0.181. The fourth-order valence-electron chi connectivity index (χ4n) is 3.52. The highest BCUT2D eigenvalue weighted by Crippen LogP contribution is 2.38. The van der Waals surface area contributed by atoms with Crippen LogP contribution in [0.15, 0.2) is 46.3 Å². The number of fused-ring (bicyclic) bond motifs is 1. The lowest BCUT2D eigenvalue weighted by atomic mass is 9.86. The van der Waals surface area contributed by atoms with Crippen LogP contribution in [0.1, 0.15) is 19.3 Å². The van der Waals surface area contributed by atoms with Gasteiger partial charge in [-0.2, -0.15) is 0 Å². The molecular weight excluding hydrogens is 364 g/mol. The minimum atomic E-state index is -3.36. The number of nitrogens with zero attached hydrogens (tertiary/aromatic N) is 1. The SMILES string of the molecule is Cn1cc(-c2cc(S(C)(=O)=O)ccc2OCC2CCC2)c2cc[nH]c(=O)c21. The Morgan fingerprint density at radius 1 is 1.22 bits per heavy atom. The Labute approximate surface area is 157 Å². The molecule has 0 unspecified atom stereocenters. The summed E-state index contributed by atoms with van der Waals surface area (Å²) in [5, 5.41) is 0.764. The van der Waals surface area contributed by atoms with Crippen molar-refractivity contribution in [1.29, 1.82) is 0 Å². The molecule has 1 aromatic carbocycles. The summed E-state index contributed by atoms with van der Waals surface area (Å²) in [5.41, 5.74) is 1.83. The number of H-pyrrole nitrogens is 1. The highest BCUT2D eigenvalue weighted by Gasteiger charge is 2.21. The Balaban J connectivity index is 1.89. The van der Waals surface area contributed by atoms with Gasteiger partial charge in [-0.05, 0) is 43.0 Å². The number of aryl methyl sites for hydroxylation is 1. The van der Waals surface area contributed by atoms with E-state index in [-0.39, 0.29) is 10.5 Å². The van der Waals surface area contributed by atoms with Crippen molar-refractivity contribution in [3.8, 4) is 16.9 Å². The molecule has 1 aliphatic rings. The Hall–Kier alpha value is -2.54. The first-order chi connectivity index (χ1) is 12.8. The number of aromatic amines is 1. The summed E-state index contributed by atoms with van der Waals surface area (Å²) < 4.78 is 32.0. The maximum atomic E-state index is 12.2. The van der Waals surface area contributed by atoms with E-state index in [2.05, 4.69) is 4.98 Å². The fraction of sp³-hybridized carbons (Fsp3) is 0.350. The average molecular weight is 386 g/mol. The Morgan fingerprint density at radius 3 is 2.67 bits per heavy atom. The summed E-state index contributed by atoms with van der Waals surface area (Å²) >= 11 is 0. The second kappa shape index (κ2) is 6.56. The molecule has 0 aliphatic heterocycles. The molecule has 4 rings (SSSR count). The zero-order valence-corrected chi connectivity index (χ0v) is 16.2. The smallest absolute Gasteiger partial charge is 0.272 e. The molecule has 27 heavy (non-hydrogen) atoms. The number of pyridine rings is 1. The van der Waals surface area contributed by atoms with Crippen molar-refractivity contribution in [2.24, 2.45) is 13.0 Å². The molecule has 0 amide bonds. The maximum Gasteiger partial charge on any atom is 0.272 e. The van der Waals surface area contributed by atoms with Crippen molar-refractivity contribution in [3.05, 3.63) is 47.0 Å². The molecule has 2 aromatic heterocycles. The van der Waals surface area contributed by atoms with Gasteiger partial charge < -0.3 is 14.3 Å². The lowest BCUT2D eigenvalue weighted by Crippen LogP contribution is -2.19. The van der Waals surface area contributed by atoms with Crippen molar-refractivity contribution in [2.45, 2.75) is 24.2 Å². The van der Waals surface area contributed by atoms with Crippen molar-refractivity contribution in [2.75, 3.05) is 12.9 Å². The maximum absolute atomic E-state index is 12.2. The summed E-state index contributed by atoms with van der Waals surface area (Å²) in [7, 11) is -1.56. The van der Waals surface area contributed by atoms with Gasteiger partial charge in [0.05, 0.1) is 11.5 Å². The van der Waals surface area contributed by atoms with Gasteiger partial charge in [-0.3, -0.25) is 4.79 Å². The minimum absolute atomic E-state index is 0.183. The first kappa shape index (κ1) is 17.9. The van der Waals surface area contributed by atoms with Crippen LogP contribution in [-0.2, 0) is 16.9 Å². The van der Waals surface area contributed by atoms with Crippen molar-refractivity contribution in [1.82, 2.24) is 9.55 Å². The molecule has 2 heterocycles. The van der Waals surface area contributed by atoms with Crippen LogP contribution in [0.5, 0.6) is 5.75 Å². The molecule has 0 atom stereocenters. The van der Waals surface area contributed by atoms with Gasteiger partial charge in [0.15, 0.2) is 9.84 Å². The van der Waals surface area contributed by atoms with Crippen LogP contribution in [0.25, 0.3) is 22.0 Å². The molecule has 1 saturated carbocycles. The van der Waals surface area contributed by atoms with E-state index in [1.807, 2.05) is 12.3 Å². The standard InChI is InChI=1S/C20H22N2O4S/c1-22-11-17(15-8-9-21-20(23)19(15)22)16-10-14(27(2,24)25)6-7-18(16)26-12-13-4-3-5-13/h6-11,13H,3-5,12H2,1-2H3,(H,21,23). The predicted octanol–water partition coefficient (Wildman–Crippen LogP) is 3.12. The zero-order chi connectivity index (χ0) is 19.2. The molecule has 7 heteroatoms. The number of sulfone groups is 1. The van der Waals surface area contributed by atoms with Gasteiger partial charge in [0.25, 0.3) is 5.56 Å². The van der Waals surface area contributed by atoms with E-state index in [0.29, 0.717) is 29.4 Å². The average Bonchev–Trinajstić information content (AvgIpc) is 2.91. The summed E-state index contributed by atoms with van der Waals surface area (Å²) in [5.74, 6) is 1.20. The number of hydrogen-bond donors (Lipinski definition) is 1. The molecule has 0 spiro atoms. The van der Waals surface area contributed by atoms with Crippen LogP contribution in [0.3, 0.4) is 0 Å². The molecular formula is C20H22N2O4S. The van der Waals surface area contributed by atoms with E-state index in [9.17, 15) is 13.2 Å². The molecule has 1 N–H and O–H groups in total. The highest BCUT2D eigenvalue weighted by atomic mass is 32.2. The van der Waals surface area contributed by atoms with Gasteiger partial charge >= 0.3 is 0 Å². The normalized spacial score (nSPS) is 15.0. The second-order valence-electron chi connectivity index (χ2n) is 7.26. The van der Waals surface area contributed by atoms with E-state index in [0.717, 1.165) is 10.9 Å². The number of aromatic nitrogens is 2. The van der Waals surface area contributed by atoms with E-state index in [1.54, 1.807) is 36.0 Å². The van der Waals surface area contributed by atoms with Gasteiger partial charge in [-0.1, -0.05) is 6.42 Å². The summed E-state index contributed by atoms with van der Waals surface area (Å²) in [6, 6.07) is 6.76. The van der Waals surface area contributed by atoms with E-state index in [1.165, 1.54) is 25.5 Å². The van der Waals surface area contributed by atoms with Crippen LogP contribution < -0.4 is 10.3 Å². The lowest BCUT2D eigenvalue weighted by Gasteiger charge is -2.25. The monoisotopic (exact) mass is 386 g/mol. The van der Waals surface area contributed by atoms with Gasteiger partial charge in [0.1, 0.15) is 11.3 Å². The third kappa shape index (κ3) is 3.27. The third-order valence-corrected chi connectivity index (χ3v) is 6.38. The van der Waals surface area contributed by atoms with Crippen molar-refractivity contribution >= 4 is 20.7 Å². The van der Waals surface area contributed by atoms with Gasteiger partial charge in [-0.25, -0.2) is 8.42 Å².